The largest absolute Gasteiger partial charge is 0.480 e. The Morgan fingerprint density at radius 3 is 2.33 bits per heavy atom. The Labute approximate surface area is 54.3 Å². The molecule has 1 N–H and O–H groups in total. The average Bonchev–Trinajstić information content (AvgIpc) is 2.07. The maximum absolute atomic E-state index is 10.2. The molecule has 0 spiro atoms. The van der Waals surface area contributed by atoms with Crippen LogP contribution in [0, 0.1) is 0 Å². The van der Waals surface area contributed by atoms with Gasteiger partial charge in [-0.3, -0.25) is 9.69 Å². The number of hydrogen-bond acceptors (Lipinski definition) is 2. The molecule has 2 aliphatic rings. The summed E-state index contributed by atoms with van der Waals surface area (Å²) < 4.78 is 0. The molecule has 0 amide bonds. The number of carboxylic acids is 1. The highest BCUT2D eigenvalue weighted by molar-refractivity contribution is 5.79. The average molecular weight is 129 g/mol. The van der Waals surface area contributed by atoms with Crippen molar-refractivity contribution in [2.45, 2.75) is 25.9 Å². The second kappa shape index (κ2) is 1.70. The molecule has 52 valence electrons. The highest BCUT2D eigenvalue weighted by Gasteiger charge is 2.58. The van der Waals surface area contributed by atoms with E-state index >= 15 is 0 Å². The van der Waals surface area contributed by atoms with Crippen LogP contribution in [0.25, 0.3) is 0 Å². The lowest BCUT2D eigenvalue weighted by atomic mass is 10.2. The maximum atomic E-state index is 10.2. The van der Waals surface area contributed by atoms with Gasteiger partial charge in [-0.2, -0.15) is 0 Å². The van der Waals surface area contributed by atoms with Crippen molar-refractivity contribution in [2.75, 3.05) is 6.54 Å². The van der Waals surface area contributed by atoms with Gasteiger partial charge in [0.15, 0.2) is 0 Å². The van der Waals surface area contributed by atoms with Gasteiger partial charge in [-0.25, -0.2) is 0 Å². The van der Waals surface area contributed by atoms with Crippen LogP contribution < -0.4 is 0 Å². The van der Waals surface area contributed by atoms with Crippen LogP contribution in [-0.2, 0) is 4.79 Å². The van der Waals surface area contributed by atoms with Crippen molar-refractivity contribution in [1.29, 1.82) is 0 Å². The summed E-state index contributed by atoms with van der Waals surface area (Å²) in [4.78, 5) is 12.2. The molecule has 2 rings (SSSR count). The summed E-state index contributed by atoms with van der Waals surface area (Å²) in [6.45, 7) is 1.00. The monoisotopic (exact) mass is 129 g/mol. The second-order valence-electron chi connectivity index (χ2n) is 2.38. The molecule has 0 bridgehead atoms. The number of fused-ring (bicyclic) bond motifs is 1. The van der Waals surface area contributed by atoms with E-state index in [1.54, 1.807) is 0 Å². The van der Waals surface area contributed by atoms with Gasteiger partial charge in [-0.1, -0.05) is 7.43 Å². The van der Waals surface area contributed by atoms with Crippen molar-refractivity contribution in [3.63, 3.8) is 0 Å². The molecule has 2 fully saturated rings. The zero-order valence-electron chi connectivity index (χ0n) is 4.37. The van der Waals surface area contributed by atoms with Gasteiger partial charge in [0.1, 0.15) is 6.04 Å². The van der Waals surface area contributed by atoms with Gasteiger partial charge in [-0.15, -0.1) is 0 Å². The number of hydrogen-bond donors (Lipinski definition) is 1. The Morgan fingerprint density at radius 2 is 2.22 bits per heavy atom. The topological polar surface area (TPSA) is 40.3 Å². The molecule has 2 unspecified atom stereocenters. The van der Waals surface area contributed by atoms with Crippen LogP contribution >= 0.6 is 0 Å². The fraction of sp³-hybridized carbons (Fsp3) is 0.833. The first-order valence-corrected chi connectivity index (χ1v) is 2.79. The van der Waals surface area contributed by atoms with E-state index in [9.17, 15) is 4.79 Å². The summed E-state index contributed by atoms with van der Waals surface area (Å²) in [7, 11) is 0. The lowest BCUT2D eigenvalue weighted by Crippen LogP contribution is -2.16. The van der Waals surface area contributed by atoms with Crippen LogP contribution in [0.1, 0.15) is 13.8 Å². The molecular formula is C6H11NO2. The Hall–Kier alpha value is -0.570. The SMILES string of the molecule is C.O=C(O)[C@@H]1C2CCN21. The molecule has 2 heterocycles. The highest BCUT2D eigenvalue weighted by Crippen LogP contribution is 2.39. The van der Waals surface area contributed by atoms with Crippen LogP contribution in [0.4, 0.5) is 0 Å². The zero-order valence-corrected chi connectivity index (χ0v) is 4.37. The summed E-state index contributed by atoms with van der Waals surface area (Å²) in [5, 5.41) is 8.39. The molecule has 0 radical (unpaired) electrons. The van der Waals surface area contributed by atoms with E-state index in [0.29, 0.717) is 6.04 Å². The molecule has 0 saturated carbocycles. The third-order valence-corrected chi connectivity index (χ3v) is 1.99. The maximum Gasteiger partial charge on any atom is 0.322 e. The molecular weight excluding hydrogens is 118 g/mol. The first-order valence-electron chi connectivity index (χ1n) is 2.79. The van der Waals surface area contributed by atoms with Gasteiger partial charge in [0.2, 0.25) is 0 Å². The van der Waals surface area contributed by atoms with E-state index in [1.807, 2.05) is 4.90 Å². The molecule has 0 aromatic rings. The number of aliphatic carboxylic acids is 1. The number of carboxylic acid groups (broad SMARTS) is 1. The van der Waals surface area contributed by atoms with E-state index in [0.717, 1.165) is 13.0 Å². The van der Waals surface area contributed by atoms with Gasteiger partial charge in [0.25, 0.3) is 0 Å². The van der Waals surface area contributed by atoms with Crippen molar-refractivity contribution in [3.8, 4) is 0 Å². The molecule has 0 aromatic heterocycles. The van der Waals surface area contributed by atoms with E-state index in [1.165, 1.54) is 0 Å². The normalized spacial score (nSPS) is 43.8. The molecule has 9 heavy (non-hydrogen) atoms. The molecule has 2 aliphatic heterocycles. The minimum atomic E-state index is -0.646. The van der Waals surface area contributed by atoms with Crippen LogP contribution in [0.15, 0.2) is 0 Å². The predicted octanol–water partition coefficient (Wildman–Crippen LogP) is 0.164. The molecule has 2 saturated heterocycles. The quantitative estimate of drug-likeness (QED) is 0.513. The number of rotatable bonds is 1. The summed E-state index contributed by atoms with van der Waals surface area (Å²) in [6, 6.07) is 0.322. The van der Waals surface area contributed by atoms with Crippen molar-refractivity contribution < 1.29 is 9.90 Å². The van der Waals surface area contributed by atoms with Crippen LogP contribution in [0.2, 0.25) is 0 Å². The van der Waals surface area contributed by atoms with Gasteiger partial charge >= 0.3 is 5.97 Å². The standard InChI is InChI=1S/C5H7NO2.CH4/c7-5(8)4-3-1-2-6(3)4;/h3-4H,1-2H2,(H,7,8);1H4/t3?,4-,6?;/m0./s1. The van der Waals surface area contributed by atoms with Crippen LogP contribution in [0.3, 0.4) is 0 Å². The molecule has 0 aromatic carbocycles. The van der Waals surface area contributed by atoms with E-state index in [2.05, 4.69) is 0 Å². The van der Waals surface area contributed by atoms with Crippen molar-refractivity contribution in [1.82, 2.24) is 4.90 Å². The molecule has 3 nitrogen and oxygen atoms in total. The van der Waals surface area contributed by atoms with Gasteiger partial charge in [0.05, 0.1) is 0 Å². The lowest BCUT2D eigenvalue weighted by molar-refractivity contribution is -0.137. The first-order chi connectivity index (χ1) is 3.80. The van der Waals surface area contributed by atoms with Crippen molar-refractivity contribution in [2.24, 2.45) is 0 Å². The molecule has 3 heteroatoms. The third kappa shape index (κ3) is 0.645. The zero-order chi connectivity index (χ0) is 5.72. The Morgan fingerprint density at radius 1 is 1.67 bits per heavy atom. The van der Waals surface area contributed by atoms with Gasteiger partial charge in [-0.05, 0) is 6.42 Å². The van der Waals surface area contributed by atoms with Crippen LogP contribution in [-0.4, -0.2) is 34.6 Å². The number of nitrogens with zero attached hydrogens (tertiary/aromatic N) is 1. The fourth-order valence-corrected chi connectivity index (χ4v) is 1.36. The number of carbonyl (C=O) groups is 1. The summed E-state index contributed by atoms with van der Waals surface area (Å²) >= 11 is 0. The van der Waals surface area contributed by atoms with E-state index in [4.69, 9.17) is 5.11 Å². The smallest absolute Gasteiger partial charge is 0.322 e. The van der Waals surface area contributed by atoms with E-state index in [-0.39, 0.29) is 13.5 Å². The first kappa shape index (κ1) is 6.55. The Balaban J connectivity index is 0.000000405. The fourth-order valence-electron chi connectivity index (χ4n) is 1.36. The Bertz CT molecular complexity index is 136. The van der Waals surface area contributed by atoms with E-state index < -0.39 is 5.97 Å². The van der Waals surface area contributed by atoms with Crippen LogP contribution in [0.5, 0.6) is 0 Å². The minimum absolute atomic E-state index is 0. The predicted molar refractivity (Wildman–Crippen MR) is 33.3 cm³/mol. The van der Waals surface area contributed by atoms with Gasteiger partial charge in [0, 0.05) is 12.6 Å². The third-order valence-electron chi connectivity index (χ3n) is 1.99. The van der Waals surface area contributed by atoms with Crippen molar-refractivity contribution >= 4 is 5.97 Å². The lowest BCUT2D eigenvalue weighted by Gasteiger charge is -2.08. The van der Waals surface area contributed by atoms with Gasteiger partial charge < -0.3 is 5.11 Å². The van der Waals surface area contributed by atoms with Crippen molar-refractivity contribution in [3.05, 3.63) is 0 Å². The molecule has 0 aliphatic carbocycles. The summed E-state index contributed by atoms with van der Waals surface area (Å²) in [6.07, 6.45) is 1.09. The summed E-state index contributed by atoms with van der Waals surface area (Å²) in [5.41, 5.74) is 0. The second-order valence-corrected chi connectivity index (χ2v) is 2.38. The highest BCUT2D eigenvalue weighted by atomic mass is 16.4. The minimum Gasteiger partial charge on any atom is -0.480 e. The Kier molecular flexibility index (Phi) is 1.24. The molecule has 3 atom stereocenters. The summed E-state index contributed by atoms with van der Waals surface area (Å²) in [5.74, 6) is -0.646.